The van der Waals surface area contributed by atoms with Crippen molar-refractivity contribution >= 4 is 35.0 Å². The number of aliphatic carboxylic acids is 1. The summed E-state index contributed by atoms with van der Waals surface area (Å²) in [6.07, 6.45) is 1.94. The number of ketones is 1. The minimum absolute atomic E-state index is 0.155. The van der Waals surface area contributed by atoms with Gasteiger partial charge in [0.25, 0.3) is 0 Å². The van der Waals surface area contributed by atoms with Crippen LogP contribution >= 0.6 is 23.2 Å². The van der Waals surface area contributed by atoms with Crippen molar-refractivity contribution in [3.05, 3.63) is 62.9 Å². The average Bonchev–Trinajstić information content (AvgIpc) is 3.66. The fourth-order valence-corrected chi connectivity index (χ4v) is 6.62. The molecule has 4 atom stereocenters. The molecule has 210 valence electrons. The third-order valence-electron chi connectivity index (χ3n) is 8.58. The number of alkyl halides is 1. The lowest BCUT2D eigenvalue weighted by Crippen LogP contribution is -2.37. The quantitative estimate of drug-likeness (QED) is 0.312. The fraction of sp³-hybridized carbons (Fsp3) is 0.533. The van der Waals surface area contributed by atoms with E-state index in [1.54, 1.807) is 6.07 Å². The van der Waals surface area contributed by atoms with Crippen LogP contribution in [0.2, 0.25) is 10.0 Å². The summed E-state index contributed by atoms with van der Waals surface area (Å²) >= 11 is 12.4. The standard InChI is InChI=1S/C30H33Cl2F2NO4/c1-16(19-8-20(31)10-21(32)9-19)35-6-4-17(5-7-35)15-39-28-14-27(34)26(13-23(28)18-2-3-18)29(36)24-11-22(33)12-25(24)30(37)38/h8-10,13-14,16-18,22,24-25H,2-7,11-12,15H2,1H3,(H,37,38)/t16-,22-,24?,25+/m0/s1. The Kier molecular flexibility index (Phi) is 8.51. The summed E-state index contributed by atoms with van der Waals surface area (Å²) in [4.78, 5) is 27.1. The number of carbonyl (C=O) groups is 2. The van der Waals surface area contributed by atoms with E-state index in [1.165, 1.54) is 12.1 Å². The highest BCUT2D eigenvalue weighted by molar-refractivity contribution is 6.34. The van der Waals surface area contributed by atoms with Gasteiger partial charge in [-0.25, -0.2) is 8.78 Å². The molecule has 2 aromatic carbocycles. The molecule has 1 unspecified atom stereocenters. The number of halogens is 4. The van der Waals surface area contributed by atoms with E-state index in [1.807, 2.05) is 12.1 Å². The zero-order chi connectivity index (χ0) is 27.8. The summed E-state index contributed by atoms with van der Waals surface area (Å²) in [5, 5.41) is 10.7. The van der Waals surface area contributed by atoms with Crippen molar-refractivity contribution in [3.63, 3.8) is 0 Å². The molecule has 5 rings (SSSR count). The lowest BCUT2D eigenvalue weighted by molar-refractivity contribution is -0.142. The Morgan fingerprint density at radius 2 is 1.67 bits per heavy atom. The normalized spacial score (nSPS) is 25.0. The van der Waals surface area contributed by atoms with Crippen LogP contribution < -0.4 is 4.74 Å². The molecule has 2 saturated carbocycles. The van der Waals surface area contributed by atoms with Crippen molar-refractivity contribution in [1.82, 2.24) is 4.90 Å². The molecular weight excluding hydrogens is 547 g/mol. The Hall–Kier alpha value is -2.22. The minimum Gasteiger partial charge on any atom is -0.493 e. The summed E-state index contributed by atoms with van der Waals surface area (Å²) in [5.74, 6) is -3.83. The van der Waals surface area contributed by atoms with Gasteiger partial charge in [-0.15, -0.1) is 0 Å². The molecule has 2 aliphatic carbocycles. The highest BCUT2D eigenvalue weighted by Crippen LogP contribution is 2.46. The van der Waals surface area contributed by atoms with Gasteiger partial charge in [-0.2, -0.15) is 0 Å². The van der Waals surface area contributed by atoms with Gasteiger partial charge in [0.2, 0.25) is 0 Å². The molecule has 1 heterocycles. The molecular formula is C30H33Cl2F2NO4. The van der Waals surface area contributed by atoms with Crippen LogP contribution in [0.25, 0.3) is 0 Å². The van der Waals surface area contributed by atoms with Gasteiger partial charge >= 0.3 is 5.97 Å². The highest BCUT2D eigenvalue weighted by atomic mass is 35.5. The number of carboxylic acids is 1. The number of Topliss-reactive ketones (excluding diaryl/α,β-unsaturated/α-hetero) is 1. The first kappa shape index (κ1) is 28.3. The molecule has 3 fully saturated rings. The number of rotatable bonds is 9. The molecule has 3 aliphatic rings. The van der Waals surface area contributed by atoms with Crippen molar-refractivity contribution in [1.29, 1.82) is 0 Å². The van der Waals surface area contributed by atoms with Crippen molar-refractivity contribution in [3.8, 4) is 5.75 Å². The van der Waals surface area contributed by atoms with E-state index in [0.717, 1.165) is 49.9 Å². The van der Waals surface area contributed by atoms with Crippen molar-refractivity contribution in [2.45, 2.75) is 63.6 Å². The maximum Gasteiger partial charge on any atom is 0.307 e. The van der Waals surface area contributed by atoms with Crippen molar-refractivity contribution in [2.75, 3.05) is 19.7 Å². The molecule has 1 saturated heterocycles. The maximum absolute atomic E-state index is 15.2. The first-order valence-corrected chi connectivity index (χ1v) is 14.4. The zero-order valence-electron chi connectivity index (χ0n) is 21.8. The Morgan fingerprint density at radius 3 is 2.28 bits per heavy atom. The molecule has 0 aromatic heterocycles. The number of hydrogen-bond donors (Lipinski definition) is 1. The first-order valence-electron chi connectivity index (χ1n) is 13.7. The number of piperidine rings is 1. The second-order valence-electron chi connectivity index (χ2n) is 11.3. The van der Waals surface area contributed by atoms with Gasteiger partial charge in [0.05, 0.1) is 18.1 Å². The van der Waals surface area contributed by atoms with Crippen LogP contribution in [0.4, 0.5) is 8.78 Å². The van der Waals surface area contributed by atoms with Gasteiger partial charge in [-0.1, -0.05) is 23.2 Å². The van der Waals surface area contributed by atoms with Gasteiger partial charge < -0.3 is 9.84 Å². The second-order valence-corrected chi connectivity index (χ2v) is 12.2. The summed E-state index contributed by atoms with van der Waals surface area (Å²) in [6, 6.07) is 8.58. The molecule has 2 aromatic rings. The Morgan fingerprint density at radius 1 is 1.03 bits per heavy atom. The summed E-state index contributed by atoms with van der Waals surface area (Å²) in [7, 11) is 0. The number of nitrogens with zero attached hydrogens (tertiary/aromatic N) is 1. The summed E-state index contributed by atoms with van der Waals surface area (Å²) in [6.45, 7) is 4.37. The Labute approximate surface area is 237 Å². The molecule has 9 heteroatoms. The first-order chi connectivity index (χ1) is 18.6. The van der Waals surface area contributed by atoms with E-state index in [0.29, 0.717) is 28.3 Å². The molecule has 0 radical (unpaired) electrons. The minimum atomic E-state index is -1.37. The van der Waals surface area contributed by atoms with Gasteiger partial charge in [-0.3, -0.25) is 14.5 Å². The largest absolute Gasteiger partial charge is 0.493 e. The number of likely N-dealkylation sites (tertiary alicyclic amines) is 1. The van der Waals surface area contributed by atoms with Crippen LogP contribution in [0, 0.1) is 23.6 Å². The number of ether oxygens (including phenoxy) is 1. The van der Waals surface area contributed by atoms with Crippen LogP contribution in [0.1, 0.15) is 78.9 Å². The van der Waals surface area contributed by atoms with E-state index in [4.69, 9.17) is 27.9 Å². The van der Waals surface area contributed by atoms with Gasteiger partial charge in [0.1, 0.15) is 17.7 Å². The third-order valence-corrected chi connectivity index (χ3v) is 9.02. The number of carbonyl (C=O) groups excluding carboxylic acids is 1. The predicted molar refractivity (Wildman–Crippen MR) is 146 cm³/mol. The Bertz CT molecular complexity index is 1230. The number of benzene rings is 2. The van der Waals surface area contributed by atoms with E-state index < -0.39 is 35.6 Å². The smallest absolute Gasteiger partial charge is 0.307 e. The molecule has 0 amide bonds. The summed E-state index contributed by atoms with van der Waals surface area (Å²) in [5.41, 5.74) is 1.71. The molecule has 1 aliphatic heterocycles. The van der Waals surface area contributed by atoms with Crippen molar-refractivity contribution in [2.24, 2.45) is 17.8 Å². The average molecular weight is 580 g/mol. The Balaban J connectivity index is 1.23. The topological polar surface area (TPSA) is 66.8 Å². The second kappa shape index (κ2) is 11.7. The lowest BCUT2D eigenvalue weighted by Gasteiger charge is -2.36. The van der Waals surface area contributed by atoms with Crippen molar-refractivity contribution < 1.29 is 28.2 Å². The van der Waals surface area contributed by atoms with Gasteiger partial charge in [0.15, 0.2) is 5.78 Å². The van der Waals surface area contributed by atoms with Crippen LogP contribution in [-0.4, -0.2) is 47.6 Å². The van der Waals surface area contributed by atoms with E-state index in [2.05, 4.69) is 11.8 Å². The van der Waals surface area contributed by atoms with Crippen LogP contribution in [0.3, 0.4) is 0 Å². The van der Waals surface area contributed by atoms with Crippen LogP contribution in [0.15, 0.2) is 30.3 Å². The number of carboxylic acid groups (broad SMARTS) is 1. The number of hydrogen-bond acceptors (Lipinski definition) is 4. The summed E-state index contributed by atoms with van der Waals surface area (Å²) < 4.78 is 35.3. The maximum atomic E-state index is 15.2. The molecule has 0 spiro atoms. The monoisotopic (exact) mass is 579 g/mol. The van der Waals surface area contributed by atoms with E-state index >= 15 is 4.39 Å². The SMILES string of the molecule is C[C@@H](c1cc(Cl)cc(Cl)c1)N1CCC(COc2cc(F)c(C(=O)C3C[C@H](F)C[C@H]3C(=O)O)cc2C2CC2)CC1. The van der Waals surface area contributed by atoms with Crippen LogP contribution in [-0.2, 0) is 4.79 Å². The molecule has 0 bridgehead atoms. The van der Waals surface area contributed by atoms with E-state index in [9.17, 15) is 19.1 Å². The van der Waals surface area contributed by atoms with Gasteiger partial charge in [0, 0.05) is 28.1 Å². The third kappa shape index (κ3) is 6.41. The van der Waals surface area contributed by atoms with Gasteiger partial charge in [-0.05, 0) is 106 Å². The lowest BCUT2D eigenvalue weighted by atomic mass is 9.87. The fourth-order valence-electron chi connectivity index (χ4n) is 6.08. The molecule has 5 nitrogen and oxygen atoms in total. The molecule has 1 N–H and O–H groups in total. The zero-order valence-corrected chi connectivity index (χ0v) is 23.4. The predicted octanol–water partition coefficient (Wildman–Crippen LogP) is 7.49. The van der Waals surface area contributed by atoms with Crippen LogP contribution in [0.5, 0.6) is 5.75 Å². The van der Waals surface area contributed by atoms with E-state index in [-0.39, 0.29) is 30.4 Å². The highest BCUT2D eigenvalue weighted by Gasteiger charge is 2.44. The molecule has 39 heavy (non-hydrogen) atoms.